The number of hydrogen-bond acceptors (Lipinski definition) is 5. The van der Waals surface area contributed by atoms with Crippen molar-refractivity contribution in [1.29, 1.82) is 0 Å². The van der Waals surface area contributed by atoms with Gasteiger partial charge in [0, 0.05) is 19.7 Å². The van der Waals surface area contributed by atoms with E-state index in [9.17, 15) is 4.79 Å². The summed E-state index contributed by atoms with van der Waals surface area (Å²) in [6, 6.07) is 3.56. The Morgan fingerprint density at radius 2 is 2.17 bits per heavy atom. The van der Waals surface area contributed by atoms with E-state index in [0.717, 1.165) is 51.6 Å². The van der Waals surface area contributed by atoms with Crippen molar-refractivity contribution in [1.82, 2.24) is 10.3 Å². The summed E-state index contributed by atoms with van der Waals surface area (Å²) in [6.45, 7) is 5.90. The van der Waals surface area contributed by atoms with Crippen molar-refractivity contribution in [2.45, 2.75) is 31.9 Å². The molecule has 2 N–H and O–H groups in total. The molecule has 0 aromatic carbocycles. The van der Waals surface area contributed by atoms with Crippen LogP contribution in [0.4, 0.5) is 16.3 Å². The van der Waals surface area contributed by atoms with Crippen molar-refractivity contribution in [2.75, 3.05) is 43.1 Å². The maximum Gasteiger partial charge on any atom is 0.319 e. The Morgan fingerprint density at radius 3 is 2.83 bits per heavy atom. The Kier molecular flexibility index (Phi) is 5.30. The molecule has 0 radical (unpaired) electrons. The molecule has 3 rings (SSSR count). The van der Waals surface area contributed by atoms with Crippen LogP contribution in [0.15, 0.2) is 18.3 Å². The third-order valence-corrected chi connectivity index (χ3v) is 4.22. The van der Waals surface area contributed by atoms with Gasteiger partial charge in [-0.3, -0.25) is 0 Å². The zero-order valence-electron chi connectivity index (χ0n) is 13.5. The highest BCUT2D eigenvalue weighted by molar-refractivity contribution is 5.89. The minimum Gasteiger partial charge on any atom is -0.378 e. The quantitative estimate of drug-likeness (QED) is 0.881. The summed E-state index contributed by atoms with van der Waals surface area (Å²) < 4.78 is 10.9. The van der Waals surface area contributed by atoms with Gasteiger partial charge in [0.2, 0.25) is 0 Å². The topological polar surface area (TPSA) is 75.7 Å². The summed E-state index contributed by atoms with van der Waals surface area (Å²) in [5.41, 5.74) is 0.680. The normalized spacial score (nSPS) is 22.7. The minimum atomic E-state index is -0.228. The Bertz CT molecular complexity index is 511. The number of urea groups is 1. The largest absolute Gasteiger partial charge is 0.378 e. The predicted octanol–water partition coefficient (Wildman–Crippen LogP) is 1.61. The van der Waals surface area contributed by atoms with Crippen LogP contribution in [-0.2, 0) is 9.47 Å². The molecular weight excluding hydrogens is 296 g/mol. The molecule has 0 aliphatic carbocycles. The zero-order valence-corrected chi connectivity index (χ0v) is 13.5. The molecular formula is C16H24N4O3. The third kappa shape index (κ3) is 4.33. The Hall–Kier alpha value is -1.86. The first-order valence-electron chi connectivity index (χ1n) is 8.20. The standard InChI is InChI=1S/C16H24N4O3/c1-12(14-3-2-8-23-14)18-16(21)19-13-4-5-15(17-11-13)20-6-9-22-10-7-20/h4-5,11-12,14H,2-3,6-10H2,1H3,(H2,18,19,21)/t12-,14-/m1/s1. The van der Waals surface area contributed by atoms with Gasteiger partial charge in [0.25, 0.3) is 0 Å². The van der Waals surface area contributed by atoms with E-state index < -0.39 is 0 Å². The summed E-state index contributed by atoms with van der Waals surface area (Å²) in [5.74, 6) is 0.909. The fourth-order valence-corrected chi connectivity index (χ4v) is 2.90. The molecule has 0 unspecified atom stereocenters. The predicted molar refractivity (Wildman–Crippen MR) is 87.9 cm³/mol. The lowest BCUT2D eigenvalue weighted by molar-refractivity contribution is 0.0868. The number of pyridine rings is 1. The summed E-state index contributed by atoms with van der Waals surface area (Å²) in [5, 5.41) is 5.73. The number of nitrogens with one attached hydrogen (secondary N) is 2. The molecule has 2 fully saturated rings. The highest BCUT2D eigenvalue weighted by atomic mass is 16.5. The average molecular weight is 320 g/mol. The Balaban J connectivity index is 1.50. The van der Waals surface area contributed by atoms with E-state index in [-0.39, 0.29) is 18.2 Å². The van der Waals surface area contributed by atoms with E-state index >= 15 is 0 Å². The van der Waals surface area contributed by atoms with E-state index in [0.29, 0.717) is 5.69 Å². The molecule has 2 aliphatic heterocycles. The van der Waals surface area contributed by atoms with Gasteiger partial charge >= 0.3 is 6.03 Å². The van der Waals surface area contributed by atoms with E-state index in [1.807, 2.05) is 19.1 Å². The lowest BCUT2D eigenvalue weighted by Crippen LogP contribution is -2.43. The van der Waals surface area contributed by atoms with Crippen molar-refractivity contribution in [2.24, 2.45) is 0 Å². The fourth-order valence-electron chi connectivity index (χ4n) is 2.90. The van der Waals surface area contributed by atoms with Crippen LogP contribution in [0.2, 0.25) is 0 Å². The van der Waals surface area contributed by atoms with Gasteiger partial charge in [0.05, 0.1) is 37.2 Å². The summed E-state index contributed by atoms with van der Waals surface area (Å²) in [7, 11) is 0. The molecule has 126 valence electrons. The van der Waals surface area contributed by atoms with Gasteiger partial charge in [0.1, 0.15) is 5.82 Å². The van der Waals surface area contributed by atoms with Crippen LogP contribution >= 0.6 is 0 Å². The van der Waals surface area contributed by atoms with Gasteiger partial charge < -0.3 is 25.0 Å². The number of anilines is 2. The van der Waals surface area contributed by atoms with E-state index in [1.165, 1.54) is 0 Å². The Morgan fingerprint density at radius 1 is 1.35 bits per heavy atom. The van der Waals surface area contributed by atoms with Crippen LogP contribution in [0.5, 0.6) is 0 Å². The van der Waals surface area contributed by atoms with Crippen molar-refractivity contribution in [3.05, 3.63) is 18.3 Å². The summed E-state index contributed by atoms with van der Waals surface area (Å²) in [6.07, 6.45) is 3.85. The molecule has 3 heterocycles. The van der Waals surface area contributed by atoms with Crippen LogP contribution < -0.4 is 15.5 Å². The molecule has 0 spiro atoms. The van der Waals surface area contributed by atoms with Crippen molar-refractivity contribution in [3.63, 3.8) is 0 Å². The number of ether oxygens (including phenoxy) is 2. The van der Waals surface area contributed by atoms with Crippen molar-refractivity contribution >= 4 is 17.5 Å². The number of morpholine rings is 1. The highest BCUT2D eigenvalue weighted by Gasteiger charge is 2.23. The highest BCUT2D eigenvalue weighted by Crippen LogP contribution is 2.17. The first-order chi connectivity index (χ1) is 11.2. The SMILES string of the molecule is C[C@@H](NC(=O)Nc1ccc(N2CCOCC2)nc1)[C@H]1CCCO1. The fraction of sp³-hybridized carbons (Fsp3) is 0.625. The van der Waals surface area contributed by atoms with Crippen LogP contribution in [0.3, 0.4) is 0 Å². The molecule has 2 amide bonds. The smallest absolute Gasteiger partial charge is 0.319 e. The van der Waals surface area contributed by atoms with E-state index in [1.54, 1.807) is 6.20 Å². The van der Waals surface area contributed by atoms with E-state index in [2.05, 4.69) is 20.5 Å². The van der Waals surface area contributed by atoms with Crippen molar-refractivity contribution < 1.29 is 14.3 Å². The van der Waals surface area contributed by atoms with Gasteiger partial charge in [-0.25, -0.2) is 9.78 Å². The minimum absolute atomic E-state index is 0.00178. The number of hydrogen-bond donors (Lipinski definition) is 2. The summed E-state index contributed by atoms with van der Waals surface area (Å²) in [4.78, 5) is 18.6. The molecule has 7 heteroatoms. The third-order valence-electron chi connectivity index (χ3n) is 4.22. The first-order valence-corrected chi connectivity index (χ1v) is 8.20. The van der Waals surface area contributed by atoms with Crippen LogP contribution in [0, 0.1) is 0 Å². The second kappa shape index (κ2) is 7.61. The molecule has 2 aliphatic rings. The second-order valence-electron chi connectivity index (χ2n) is 5.94. The van der Waals surface area contributed by atoms with Gasteiger partial charge in [-0.15, -0.1) is 0 Å². The molecule has 2 saturated heterocycles. The molecule has 23 heavy (non-hydrogen) atoms. The molecule has 0 bridgehead atoms. The number of amides is 2. The van der Waals surface area contributed by atoms with Gasteiger partial charge in [-0.05, 0) is 31.9 Å². The summed E-state index contributed by atoms with van der Waals surface area (Å²) >= 11 is 0. The van der Waals surface area contributed by atoms with Crippen LogP contribution in [0.1, 0.15) is 19.8 Å². The van der Waals surface area contributed by atoms with E-state index in [4.69, 9.17) is 9.47 Å². The maximum absolute atomic E-state index is 12.0. The molecule has 1 aromatic heterocycles. The molecule has 7 nitrogen and oxygen atoms in total. The Labute approximate surface area is 136 Å². The van der Waals surface area contributed by atoms with Crippen LogP contribution in [0.25, 0.3) is 0 Å². The molecule has 0 saturated carbocycles. The second-order valence-corrected chi connectivity index (χ2v) is 5.94. The lowest BCUT2D eigenvalue weighted by Gasteiger charge is -2.27. The lowest BCUT2D eigenvalue weighted by atomic mass is 10.1. The number of rotatable bonds is 4. The van der Waals surface area contributed by atoms with Crippen molar-refractivity contribution in [3.8, 4) is 0 Å². The average Bonchev–Trinajstić information content (AvgIpc) is 3.11. The van der Waals surface area contributed by atoms with Gasteiger partial charge in [-0.2, -0.15) is 0 Å². The molecule has 1 aromatic rings. The zero-order chi connectivity index (χ0) is 16.1. The number of aromatic nitrogens is 1. The van der Waals surface area contributed by atoms with Gasteiger partial charge in [0.15, 0.2) is 0 Å². The number of carbonyl (C=O) groups is 1. The van der Waals surface area contributed by atoms with Crippen LogP contribution in [-0.4, -0.2) is 56.1 Å². The number of carbonyl (C=O) groups excluding carboxylic acids is 1. The monoisotopic (exact) mass is 320 g/mol. The van der Waals surface area contributed by atoms with Gasteiger partial charge in [-0.1, -0.05) is 0 Å². The molecule has 2 atom stereocenters. The maximum atomic E-state index is 12.0. The first kappa shape index (κ1) is 16.0. The number of nitrogens with zero attached hydrogens (tertiary/aromatic N) is 2.